The maximum absolute atomic E-state index is 11.5. The Labute approximate surface area is 81.8 Å². The van der Waals surface area contributed by atoms with Crippen LogP contribution in [0.1, 0.15) is 40.8 Å². The minimum atomic E-state index is -3.11. The number of ketones is 1. The van der Waals surface area contributed by atoms with Crippen molar-refractivity contribution in [2.75, 3.05) is 0 Å². The highest BCUT2D eigenvalue weighted by Gasteiger charge is 2.37. The molecular formula is C9H10O4S. The van der Waals surface area contributed by atoms with E-state index in [0.29, 0.717) is 11.1 Å². The number of fused-ring (bicyclic) bond motifs is 1. The first-order chi connectivity index (χ1) is 6.43. The smallest absolute Gasteiger partial charge is 0.195 e. The van der Waals surface area contributed by atoms with E-state index in [-0.39, 0.29) is 17.3 Å². The largest absolute Gasteiger partial charge is 0.461 e. The van der Waals surface area contributed by atoms with E-state index < -0.39 is 15.1 Å². The lowest BCUT2D eigenvalue weighted by molar-refractivity contribution is 0.0986. The highest BCUT2D eigenvalue weighted by molar-refractivity contribution is 7.91. The number of Topliss-reactive ketones (excluding diaryl/α,β-unsaturated/α-hetero) is 1. The summed E-state index contributed by atoms with van der Waals surface area (Å²) in [6, 6.07) is 0. The third kappa shape index (κ3) is 1.12. The Hall–Kier alpha value is -1.10. The molecule has 0 N–H and O–H groups in total. The van der Waals surface area contributed by atoms with Crippen molar-refractivity contribution in [1.29, 1.82) is 0 Å². The van der Waals surface area contributed by atoms with Crippen LogP contribution in [0.4, 0.5) is 0 Å². The van der Waals surface area contributed by atoms with E-state index in [1.54, 1.807) is 6.92 Å². The monoisotopic (exact) mass is 214 g/mol. The predicted octanol–water partition coefficient (Wildman–Crippen LogP) is 1.47. The van der Waals surface area contributed by atoms with Gasteiger partial charge in [0.25, 0.3) is 0 Å². The van der Waals surface area contributed by atoms with Gasteiger partial charge in [-0.05, 0) is 6.92 Å². The van der Waals surface area contributed by atoms with E-state index in [1.165, 1.54) is 13.2 Å². The zero-order chi connectivity index (χ0) is 10.5. The molecule has 0 aromatic carbocycles. The standard InChI is InChI=1S/C9H10O4S/c1-5(10)9-8-4-14(11,12)6(2)7(8)3-13-9/h3,6H,4H2,1-2H3. The lowest BCUT2D eigenvalue weighted by Gasteiger charge is -1.99. The first-order valence-electron chi connectivity index (χ1n) is 4.26. The van der Waals surface area contributed by atoms with Gasteiger partial charge in [-0.25, -0.2) is 8.42 Å². The van der Waals surface area contributed by atoms with Crippen molar-refractivity contribution >= 4 is 15.6 Å². The SMILES string of the molecule is CC(=O)c1occ2c1CS(=O)(=O)C2C. The highest BCUT2D eigenvalue weighted by atomic mass is 32.2. The molecule has 0 saturated carbocycles. The first kappa shape index (κ1) is 9.45. The first-order valence-corrected chi connectivity index (χ1v) is 5.98. The molecule has 4 nitrogen and oxygen atoms in total. The Morgan fingerprint density at radius 1 is 1.57 bits per heavy atom. The third-order valence-electron chi connectivity index (χ3n) is 2.57. The molecule has 2 heterocycles. The minimum absolute atomic E-state index is 0.0745. The van der Waals surface area contributed by atoms with Crippen LogP contribution in [0.3, 0.4) is 0 Å². The molecule has 1 aromatic rings. The zero-order valence-corrected chi connectivity index (χ0v) is 8.72. The molecule has 0 fully saturated rings. The minimum Gasteiger partial charge on any atom is -0.461 e. The summed E-state index contributed by atoms with van der Waals surface area (Å²) in [6.45, 7) is 2.98. The molecule has 1 atom stereocenters. The number of sulfone groups is 1. The van der Waals surface area contributed by atoms with Gasteiger partial charge in [-0.2, -0.15) is 0 Å². The lowest BCUT2D eigenvalue weighted by Crippen LogP contribution is -2.03. The van der Waals surface area contributed by atoms with Crippen LogP contribution in [-0.2, 0) is 15.6 Å². The molecule has 0 saturated heterocycles. The molecule has 0 bridgehead atoms. The van der Waals surface area contributed by atoms with Crippen LogP contribution >= 0.6 is 0 Å². The van der Waals surface area contributed by atoms with Gasteiger partial charge in [0.1, 0.15) is 0 Å². The van der Waals surface area contributed by atoms with Gasteiger partial charge in [0.2, 0.25) is 0 Å². The van der Waals surface area contributed by atoms with Gasteiger partial charge in [-0.15, -0.1) is 0 Å². The van der Waals surface area contributed by atoms with Gasteiger partial charge in [0.15, 0.2) is 21.4 Å². The summed E-state index contributed by atoms with van der Waals surface area (Å²) in [7, 11) is -3.11. The molecule has 14 heavy (non-hydrogen) atoms. The van der Waals surface area contributed by atoms with Crippen molar-refractivity contribution in [2.24, 2.45) is 0 Å². The van der Waals surface area contributed by atoms with Gasteiger partial charge in [-0.1, -0.05) is 0 Å². The normalized spacial score (nSPS) is 23.4. The summed E-state index contributed by atoms with van der Waals surface area (Å²) in [5.41, 5.74) is 1.18. The molecule has 1 aliphatic rings. The van der Waals surface area contributed by atoms with E-state index in [0.717, 1.165) is 0 Å². The summed E-state index contributed by atoms with van der Waals surface area (Å²) in [6.07, 6.45) is 1.38. The molecule has 1 aromatic heterocycles. The quantitative estimate of drug-likeness (QED) is 0.664. The van der Waals surface area contributed by atoms with Crippen molar-refractivity contribution in [3.05, 3.63) is 23.2 Å². The Morgan fingerprint density at radius 2 is 2.21 bits per heavy atom. The van der Waals surface area contributed by atoms with Gasteiger partial charge in [0, 0.05) is 18.1 Å². The molecule has 0 spiro atoms. The van der Waals surface area contributed by atoms with Crippen LogP contribution in [0.2, 0.25) is 0 Å². The highest BCUT2D eigenvalue weighted by Crippen LogP contribution is 2.38. The molecule has 5 heteroatoms. The van der Waals surface area contributed by atoms with E-state index in [2.05, 4.69) is 0 Å². The summed E-state index contributed by atoms with van der Waals surface area (Å²) >= 11 is 0. The van der Waals surface area contributed by atoms with Crippen LogP contribution in [-0.4, -0.2) is 14.2 Å². The average Bonchev–Trinajstić information content (AvgIpc) is 2.53. The molecular weight excluding hydrogens is 204 g/mol. The number of hydrogen-bond acceptors (Lipinski definition) is 4. The van der Waals surface area contributed by atoms with Crippen molar-refractivity contribution in [3.8, 4) is 0 Å². The number of carbonyl (C=O) groups is 1. The summed E-state index contributed by atoms with van der Waals surface area (Å²) in [5, 5.41) is -0.547. The predicted molar refractivity (Wildman–Crippen MR) is 49.8 cm³/mol. The Balaban J connectivity index is 2.61. The number of carbonyl (C=O) groups excluding carboxylic acids is 1. The van der Waals surface area contributed by atoms with E-state index in [4.69, 9.17) is 4.42 Å². The van der Waals surface area contributed by atoms with Gasteiger partial charge in [-0.3, -0.25) is 4.79 Å². The fourth-order valence-electron chi connectivity index (χ4n) is 1.70. The van der Waals surface area contributed by atoms with E-state index >= 15 is 0 Å². The van der Waals surface area contributed by atoms with Crippen LogP contribution in [0.5, 0.6) is 0 Å². The fourth-order valence-corrected chi connectivity index (χ4v) is 3.24. The second kappa shape index (κ2) is 2.70. The molecule has 1 aliphatic heterocycles. The van der Waals surface area contributed by atoms with Gasteiger partial charge in [0.05, 0.1) is 17.3 Å². The van der Waals surface area contributed by atoms with Crippen LogP contribution in [0, 0.1) is 0 Å². The van der Waals surface area contributed by atoms with E-state index in [9.17, 15) is 13.2 Å². The lowest BCUT2D eigenvalue weighted by atomic mass is 10.1. The summed E-state index contributed by atoms with van der Waals surface area (Å²) in [4.78, 5) is 11.1. The van der Waals surface area contributed by atoms with Crippen LogP contribution in [0.25, 0.3) is 0 Å². The van der Waals surface area contributed by atoms with Crippen LogP contribution in [0.15, 0.2) is 10.7 Å². The Morgan fingerprint density at radius 3 is 2.79 bits per heavy atom. The molecule has 0 aliphatic carbocycles. The number of furan rings is 1. The Kier molecular flexibility index (Phi) is 1.82. The van der Waals surface area contributed by atoms with Crippen molar-refractivity contribution in [3.63, 3.8) is 0 Å². The number of hydrogen-bond donors (Lipinski definition) is 0. The van der Waals surface area contributed by atoms with Crippen LogP contribution < -0.4 is 0 Å². The third-order valence-corrected chi connectivity index (χ3v) is 4.59. The molecule has 76 valence electrons. The summed E-state index contributed by atoms with van der Waals surface area (Å²) < 4.78 is 28.1. The second-order valence-electron chi connectivity index (χ2n) is 3.50. The molecule has 2 rings (SSSR count). The van der Waals surface area contributed by atoms with Crippen molar-refractivity contribution < 1.29 is 17.6 Å². The molecule has 0 radical (unpaired) electrons. The number of rotatable bonds is 1. The average molecular weight is 214 g/mol. The molecule has 1 unspecified atom stereocenters. The fraction of sp³-hybridized carbons (Fsp3) is 0.444. The van der Waals surface area contributed by atoms with Crippen molar-refractivity contribution in [2.45, 2.75) is 24.9 Å². The Bertz CT molecular complexity index is 495. The second-order valence-corrected chi connectivity index (χ2v) is 5.83. The maximum atomic E-state index is 11.5. The molecule has 0 amide bonds. The topological polar surface area (TPSA) is 64.3 Å². The zero-order valence-electron chi connectivity index (χ0n) is 7.90. The van der Waals surface area contributed by atoms with Crippen molar-refractivity contribution in [1.82, 2.24) is 0 Å². The maximum Gasteiger partial charge on any atom is 0.195 e. The van der Waals surface area contributed by atoms with E-state index in [1.807, 2.05) is 0 Å². The van der Waals surface area contributed by atoms with Gasteiger partial charge < -0.3 is 4.42 Å². The van der Waals surface area contributed by atoms with Gasteiger partial charge >= 0.3 is 0 Å². The summed E-state index contributed by atoms with van der Waals surface area (Å²) in [5.74, 6) is -0.113.